The summed E-state index contributed by atoms with van der Waals surface area (Å²) >= 11 is 0. The van der Waals surface area contributed by atoms with Crippen molar-refractivity contribution in [2.45, 2.75) is 58.2 Å². The van der Waals surface area contributed by atoms with Gasteiger partial charge in [0.2, 0.25) is 8.32 Å². The molecule has 90 valence electrons. The summed E-state index contributed by atoms with van der Waals surface area (Å²) in [5, 5.41) is 0. The van der Waals surface area contributed by atoms with Crippen LogP contribution < -0.4 is 0 Å². The number of allylic oxidation sites excluding steroid dienone is 2. The molecule has 0 amide bonds. The lowest BCUT2D eigenvalue weighted by Gasteiger charge is -2.34. The van der Waals surface area contributed by atoms with E-state index in [1.807, 2.05) is 0 Å². The van der Waals surface area contributed by atoms with E-state index in [0.717, 1.165) is 17.8 Å². The van der Waals surface area contributed by atoms with E-state index in [-0.39, 0.29) is 0 Å². The van der Waals surface area contributed by atoms with Crippen molar-refractivity contribution < 1.29 is 4.43 Å². The first kappa shape index (κ1) is 10.9. The zero-order valence-corrected chi connectivity index (χ0v) is 11.9. The molecule has 3 rings (SSSR count). The van der Waals surface area contributed by atoms with Crippen LogP contribution in [0.25, 0.3) is 0 Å². The van der Waals surface area contributed by atoms with Crippen molar-refractivity contribution in [2.24, 2.45) is 17.8 Å². The van der Waals surface area contributed by atoms with Gasteiger partial charge in [0.25, 0.3) is 0 Å². The van der Waals surface area contributed by atoms with E-state index in [1.165, 1.54) is 44.3 Å². The molecular formula is C14H24OSi. The third kappa shape index (κ3) is 1.75. The summed E-state index contributed by atoms with van der Waals surface area (Å²) in [7, 11) is -1.39. The third-order valence-corrected chi connectivity index (χ3v) is 5.41. The minimum atomic E-state index is -1.39. The third-order valence-electron chi connectivity index (χ3n) is 4.55. The fourth-order valence-electron chi connectivity index (χ4n) is 4.15. The quantitative estimate of drug-likeness (QED) is 0.649. The smallest absolute Gasteiger partial charge is 0.241 e. The zero-order valence-electron chi connectivity index (χ0n) is 10.9. The topological polar surface area (TPSA) is 9.23 Å². The van der Waals surface area contributed by atoms with Crippen LogP contribution in [0.4, 0.5) is 0 Å². The van der Waals surface area contributed by atoms with Crippen LogP contribution in [0.1, 0.15) is 38.5 Å². The SMILES string of the molecule is C[Si](C)(C)OC1=C2[C@H]3CC[C@H](C3)[C@H]2CCC1. The Balaban J connectivity index is 1.90. The molecule has 0 heterocycles. The Morgan fingerprint density at radius 1 is 1.12 bits per heavy atom. The molecule has 0 N–H and O–H groups in total. The molecule has 3 aliphatic carbocycles. The van der Waals surface area contributed by atoms with Crippen molar-refractivity contribution in [1.82, 2.24) is 0 Å². The Labute approximate surface area is 100 Å². The largest absolute Gasteiger partial charge is 0.547 e. The Hall–Kier alpha value is -0.243. The average Bonchev–Trinajstić information content (AvgIpc) is 2.75. The van der Waals surface area contributed by atoms with E-state index >= 15 is 0 Å². The van der Waals surface area contributed by atoms with Gasteiger partial charge in [-0.25, -0.2) is 0 Å². The van der Waals surface area contributed by atoms with E-state index in [1.54, 1.807) is 5.57 Å². The van der Waals surface area contributed by atoms with Crippen molar-refractivity contribution in [3.05, 3.63) is 11.3 Å². The van der Waals surface area contributed by atoms with Gasteiger partial charge in [-0.2, -0.15) is 0 Å². The monoisotopic (exact) mass is 236 g/mol. The number of fused-ring (bicyclic) bond motifs is 5. The molecule has 0 aliphatic heterocycles. The first-order valence-electron chi connectivity index (χ1n) is 6.96. The van der Waals surface area contributed by atoms with Gasteiger partial charge in [0.1, 0.15) is 0 Å². The van der Waals surface area contributed by atoms with Gasteiger partial charge >= 0.3 is 0 Å². The van der Waals surface area contributed by atoms with Crippen LogP contribution >= 0.6 is 0 Å². The molecule has 3 atom stereocenters. The summed E-state index contributed by atoms with van der Waals surface area (Å²) in [4.78, 5) is 0. The highest BCUT2D eigenvalue weighted by Crippen LogP contribution is 2.57. The summed E-state index contributed by atoms with van der Waals surface area (Å²) < 4.78 is 6.36. The second kappa shape index (κ2) is 3.62. The summed E-state index contributed by atoms with van der Waals surface area (Å²) in [5.74, 6) is 4.32. The summed E-state index contributed by atoms with van der Waals surface area (Å²) in [5.41, 5.74) is 1.78. The van der Waals surface area contributed by atoms with Crippen LogP contribution in [0, 0.1) is 17.8 Å². The highest BCUT2D eigenvalue weighted by molar-refractivity contribution is 6.70. The van der Waals surface area contributed by atoms with Gasteiger partial charge in [0.15, 0.2) is 0 Å². The minimum absolute atomic E-state index is 0.918. The zero-order chi connectivity index (χ0) is 11.3. The molecule has 0 radical (unpaired) electrons. The standard InChI is InChI=1S/C14H24OSi/c1-16(2,3)15-13-6-4-5-12-10-7-8-11(9-10)14(12)13/h10-12H,4-9H2,1-3H3/t10-,11+,12-/m1/s1. The second-order valence-electron chi connectivity index (χ2n) is 6.86. The normalized spacial score (nSPS) is 37.8. The molecule has 0 spiro atoms. The van der Waals surface area contributed by atoms with Gasteiger partial charge in [-0.15, -0.1) is 0 Å². The van der Waals surface area contributed by atoms with Gasteiger partial charge in [0, 0.05) is 6.42 Å². The Bertz CT molecular complexity index is 326. The summed E-state index contributed by atoms with van der Waals surface area (Å²) in [6, 6.07) is 0. The van der Waals surface area contributed by atoms with Crippen molar-refractivity contribution in [3.63, 3.8) is 0 Å². The molecule has 0 saturated heterocycles. The van der Waals surface area contributed by atoms with Crippen LogP contribution in [0.2, 0.25) is 19.6 Å². The lowest BCUT2D eigenvalue weighted by Crippen LogP contribution is -2.29. The van der Waals surface area contributed by atoms with Gasteiger partial charge < -0.3 is 4.43 Å². The lowest BCUT2D eigenvalue weighted by atomic mass is 9.77. The first-order chi connectivity index (χ1) is 7.54. The molecule has 0 aromatic heterocycles. The molecule has 0 unspecified atom stereocenters. The van der Waals surface area contributed by atoms with Crippen LogP contribution in [0.15, 0.2) is 11.3 Å². The summed E-state index contributed by atoms with van der Waals surface area (Å²) in [6.45, 7) is 6.95. The number of hydrogen-bond acceptors (Lipinski definition) is 1. The van der Waals surface area contributed by atoms with Crippen molar-refractivity contribution >= 4 is 8.32 Å². The molecule has 1 nitrogen and oxygen atoms in total. The number of hydrogen-bond donors (Lipinski definition) is 0. The van der Waals surface area contributed by atoms with Crippen molar-refractivity contribution in [1.29, 1.82) is 0 Å². The Morgan fingerprint density at radius 2 is 1.94 bits per heavy atom. The Morgan fingerprint density at radius 3 is 2.69 bits per heavy atom. The predicted octanol–water partition coefficient (Wildman–Crippen LogP) is 4.32. The maximum Gasteiger partial charge on any atom is 0.241 e. The fraction of sp³-hybridized carbons (Fsp3) is 0.857. The predicted molar refractivity (Wildman–Crippen MR) is 69.6 cm³/mol. The average molecular weight is 236 g/mol. The van der Waals surface area contributed by atoms with E-state index in [9.17, 15) is 0 Å². The maximum absolute atomic E-state index is 6.36. The molecule has 0 aromatic carbocycles. The Kier molecular flexibility index (Phi) is 2.47. The molecule has 2 heteroatoms. The highest BCUT2D eigenvalue weighted by Gasteiger charge is 2.46. The van der Waals surface area contributed by atoms with Gasteiger partial charge in [-0.05, 0) is 75.1 Å². The van der Waals surface area contributed by atoms with E-state index < -0.39 is 8.32 Å². The molecule has 2 saturated carbocycles. The molecular weight excluding hydrogens is 212 g/mol. The molecule has 3 aliphatic rings. The van der Waals surface area contributed by atoms with E-state index in [4.69, 9.17) is 4.43 Å². The van der Waals surface area contributed by atoms with Crippen LogP contribution in [-0.2, 0) is 4.43 Å². The molecule has 2 bridgehead atoms. The van der Waals surface area contributed by atoms with Gasteiger partial charge in [-0.3, -0.25) is 0 Å². The highest BCUT2D eigenvalue weighted by atomic mass is 28.4. The maximum atomic E-state index is 6.36. The lowest BCUT2D eigenvalue weighted by molar-refractivity contribution is 0.296. The van der Waals surface area contributed by atoms with Crippen LogP contribution in [0.5, 0.6) is 0 Å². The molecule has 0 aromatic rings. The van der Waals surface area contributed by atoms with Gasteiger partial charge in [0.05, 0.1) is 5.76 Å². The van der Waals surface area contributed by atoms with Crippen LogP contribution in [-0.4, -0.2) is 8.32 Å². The summed E-state index contributed by atoms with van der Waals surface area (Å²) in [6.07, 6.45) is 8.50. The fourth-order valence-corrected chi connectivity index (χ4v) is 5.11. The molecule has 16 heavy (non-hydrogen) atoms. The van der Waals surface area contributed by atoms with E-state index in [2.05, 4.69) is 19.6 Å². The van der Waals surface area contributed by atoms with Crippen LogP contribution in [0.3, 0.4) is 0 Å². The number of rotatable bonds is 2. The minimum Gasteiger partial charge on any atom is -0.547 e. The van der Waals surface area contributed by atoms with Crippen molar-refractivity contribution in [3.8, 4) is 0 Å². The van der Waals surface area contributed by atoms with E-state index in [0.29, 0.717) is 0 Å². The molecule has 2 fully saturated rings. The van der Waals surface area contributed by atoms with Crippen molar-refractivity contribution in [2.75, 3.05) is 0 Å². The second-order valence-corrected chi connectivity index (χ2v) is 11.3. The van der Waals surface area contributed by atoms with Gasteiger partial charge in [-0.1, -0.05) is 0 Å². The first-order valence-corrected chi connectivity index (χ1v) is 10.4.